The molecule has 28 heavy (non-hydrogen) atoms. The third-order valence-corrected chi connectivity index (χ3v) is 7.10. The lowest BCUT2D eigenvalue weighted by atomic mass is 10.3. The van der Waals surface area contributed by atoms with Crippen LogP contribution in [-0.2, 0) is 13.6 Å². The minimum absolute atomic E-state index is 0.166. The second-order valence-electron chi connectivity index (χ2n) is 11.2. The van der Waals surface area contributed by atoms with Crippen molar-refractivity contribution in [2.45, 2.75) is 91.0 Å². The quantitative estimate of drug-likeness (QED) is 0.232. The summed E-state index contributed by atoms with van der Waals surface area (Å²) in [5.74, 6) is -0.173. The maximum atomic E-state index is 12.6. The van der Waals surface area contributed by atoms with Crippen molar-refractivity contribution in [1.82, 2.24) is 15.3 Å². The Labute approximate surface area is 177 Å². The van der Waals surface area contributed by atoms with E-state index >= 15 is 0 Å². The van der Waals surface area contributed by atoms with E-state index < -0.39 is 39.1 Å². The van der Waals surface area contributed by atoms with Gasteiger partial charge in [-0.1, -0.05) is 51.4 Å². The third kappa shape index (κ3) is 16.8. The zero-order chi connectivity index (χ0) is 22.4. The molecule has 0 saturated heterocycles. The van der Waals surface area contributed by atoms with Gasteiger partial charge in [0.25, 0.3) is 0 Å². The van der Waals surface area contributed by atoms with Crippen molar-refractivity contribution in [3.05, 3.63) is 12.2 Å². The Bertz CT molecular complexity index is 502. The fraction of sp³-hybridized carbons (Fsp3) is 0.833. The molecule has 0 saturated carbocycles. The summed E-state index contributed by atoms with van der Waals surface area (Å²) in [4.78, 5) is 19.7. The van der Waals surface area contributed by atoms with Gasteiger partial charge in [-0.3, -0.25) is 10.1 Å². The van der Waals surface area contributed by atoms with Gasteiger partial charge in [-0.25, -0.2) is 0 Å². The van der Waals surface area contributed by atoms with Crippen LogP contribution in [0.3, 0.4) is 0 Å². The summed E-state index contributed by atoms with van der Waals surface area (Å²) < 4.78 is 12.0. The van der Waals surface area contributed by atoms with Gasteiger partial charge in [0.1, 0.15) is 28.9 Å². The molecule has 2 atom stereocenters. The summed E-state index contributed by atoms with van der Waals surface area (Å²) in [7, 11) is -6.73. The van der Waals surface area contributed by atoms with Crippen molar-refractivity contribution in [2.75, 3.05) is 6.54 Å². The highest BCUT2D eigenvalue weighted by atomic mass is 28.4. The lowest BCUT2D eigenvalue weighted by molar-refractivity contribution is -0.135. The zero-order valence-corrected chi connectivity index (χ0v) is 24.2. The highest BCUT2D eigenvalue weighted by molar-refractivity contribution is 6.74. The monoisotopic (exact) mass is 463 g/mol. The average molecular weight is 464 g/mol. The summed E-state index contributed by atoms with van der Waals surface area (Å²) in [5, 5.41) is 3.43. The molecule has 0 bridgehead atoms. The standard InChI is InChI=1S/C18H45N3O3Si4/c1-25(2,3)20-16(17(22)23-27(7,8)9)14-13-15-19-18(21-26(4,5)6)24-28(10,11)12/h13-14,16,18-21H,15H2,1-12H3/b14-13-. The minimum Gasteiger partial charge on any atom is -0.519 e. The second-order valence-corrected chi connectivity index (χ2v) is 29.7. The first-order valence-corrected chi connectivity index (χ1v) is 24.0. The van der Waals surface area contributed by atoms with Crippen LogP contribution in [0.2, 0.25) is 78.6 Å². The molecule has 0 aliphatic rings. The molecule has 10 heteroatoms. The molecule has 0 rings (SSSR count). The average Bonchev–Trinajstić information content (AvgIpc) is 2.34. The van der Waals surface area contributed by atoms with Crippen molar-refractivity contribution >= 4 is 39.1 Å². The van der Waals surface area contributed by atoms with E-state index in [0.717, 1.165) is 0 Å². The Morgan fingerprint density at radius 3 is 1.71 bits per heavy atom. The smallest absolute Gasteiger partial charge is 0.313 e. The highest BCUT2D eigenvalue weighted by Gasteiger charge is 2.29. The van der Waals surface area contributed by atoms with Crippen molar-refractivity contribution in [3.63, 3.8) is 0 Å². The maximum Gasteiger partial charge on any atom is 0.313 e. The number of hydrogen-bond acceptors (Lipinski definition) is 6. The van der Waals surface area contributed by atoms with Gasteiger partial charge in [-0.05, 0) is 39.3 Å². The number of hydrogen-bond donors (Lipinski definition) is 3. The molecule has 0 fully saturated rings. The molecule has 2 unspecified atom stereocenters. The van der Waals surface area contributed by atoms with Crippen LogP contribution in [0.1, 0.15) is 0 Å². The van der Waals surface area contributed by atoms with Crippen LogP contribution in [0.25, 0.3) is 0 Å². The van der Waals surface area contributed by atoms with Crippen LogP contribution in [0, 0.1) is 0 Å². The van der Waals surface area contributed by atoms with Gasteiger partial charge < -0.3 is 18.8 Å². The predicted molar refractivity (Wildman–Crippen MR) is 132 cm³/mol. The van der Waals surface area contributed by atoms with Crippen LogP contribution in [0.5, 0.6) is 0 Å². The van der Waals surface area contributed by atoms with Gasteiger partial charge in [0.15, 0.2) is 8.32 Å². The molecule has 0 amide bonds. The van der Waals surface area contributed by atoms with Crippen molar-refractivity contribution in [2.24, 2.45) is 0 Å². The molecular formula is C18H45N3O3Si4. The summed E-state index contributed by atoms with van der Waals surface area (Å²) in [6, 6.07) is -0.401. The van der Waals surface area contributed by atoms with Gasteiger partial charge in [0.2, 0.25) is 8.32 Å². The van der Waals surface area contributed by atoms with E-state index in [1.165, 1.54) is 0 Å². The van der Waals surface area contributed by atoms with E-state index in [1.54, 1.807) is 0 Å². The van der Waals surface area contributed by atoms with E-state index in [1.807, 2.05) is 31.8 Å². The van der Waals surface area contributed by atoms with Crippen LogP contribution in [0.4, 0.5) is 0 Å². The molecule has 3 N–H and O–H groups in total. The van der Waals surface area contributed by atoms with Crippen LogP contribution in [0.15, 0.2) is 12.2 Å². The fourth-order valence-electron chi connectivity index (χ4n) is 2.27. The van der Waals surface area contributed by atoms with Crippen molar-refractivity contribution < 1.29 is 13.6 Å². The maximum absolute atomic E-state index is 12.6. The molecule has 0 aromatic carbocycles. The Kier molecular flexibility index (Phi) is 10.8. The van der Waals surface area contributed by atoms with E-state index in [4.69, 9.17) is 8.85 Å². The molecule has 0 aliphatic carbocycles. The zero-order valence-electron chi connectivity index (χ0n) is 20.2. The Hall–Kier alpha value is -0.0825. The van der Waals surface area contributed by atoms with Crippen LogP contribution >= 0.6 is 0 Å². The normalized spacial score (nSPS) is 16.3. The van der Waals surface area contributed by atoms with Gasteiger partial charge in [-0.2, -0.15) is 0 Å². The third-order valence-electron chi connectivity index (χ3n) is 3.03. The molecule has 0 aliphatic heterocycles. The topological polar surface area (TPSA) is 71.6 Å². The van der Waals surface area contributed by atoms with Gasteiger partial charge in [-0.15, -0.1) is 0 Å². The number of rotatable bonds is 12. The second kappa shape index (κ2) is 10.8. The van der Waals surface area contributed by atoms with Gasteiger partial charge in [0, 0.05) is 6.54 Å². The number of carbonyl (C=O) groups excluding carboxylic acids is 1. The summed E-state index contributed by atoms with van der Waals surface area (Å²) in [5.41, 5.74) is 0. The van der Waals surface area contributed by atoms with E-state index in [0.29, 0.717) is 6.54 Å². The molecule has 0 radical (unpaired) electrons. The summed E-state index contributed by atoms with van der Waals surface area (Å²) in [6.45, 7) is 26.6. The Morgan fingerprint density at radius 2 is 1.32 bits per heavy atom. The molecule has 0 aromatic heterocycles. The fourth-order valence-corrected chi connectivity index (χ4v) is 6.06. The predicted octanol–water partition coefficient (Wildman–Crippen LogP) is 3.86. The van der Waals surface area contributed by atoms with Crippen molar-refractivity contribution in [1.29, 1.82) is 0 Å². The Balaban J connectivity index is 5.04. The molecule has 0 aromatic rings. The number of carbonyl (C=O) groups is 1. The van der Waals surface area contributed by atoms with Gasteiger partial charge in [0.05, 0.1) is 0 Å². The molecular weight excluding hydrogens is 419 g/mol. The van der Waals surface area contributed by atoms with Crippen molar-refractivity contribution in [3.8, 4) is 0 Å². The molecule has 0 heterocycles. The van der Waals surface area contributed by atoms with Crippen LogP contribution < -0.4 is 15.3 Å². The van der Waals surface area contributed by atoms with Gasteiger partial charge >= 0.3 is 5.97 Å². The first-order chi connectivity index (χ1) is 12.3. The highest BCUT2D eigenvalue weighted by Crippen LogP contribution is 2.09. The van der Waals surface area contributed by atoms with E-state index in [9.17, 15) is 4.79 Å². The summed E-state index contributed by atoms with van der Waals surface area (Å²) >= 11 is 0. The SMILES string of the molecule is C[Si](C)(C)NC(NC/C=C\C(N[Si](C)(C)C)C(=O)O[Si](C)(C)C)O[Si](C)(C)C. The lowest BCUT2D eigenvalue weighted by Gasteiger charge is -2.32. The molecule has 0 spiro atoms. The minimum atomic E-state index is -1.92. The first kappa shape index (κ1) is 27.9. The van der Waals surface area contributed by atoms with Crippen LogP contribution in [-0.4, -0.2) is 58.0 Å². The number of nitrogens with one attached hydrogen (secondary N) is 3. The molecule has 166 valence electrons. The van der Waals surface area contributed by atoms with E-state index in [-0.39, 0.29) is 12.3 Å². The Morgan fingerprint density at radius 1 is 0.821 bits per heavy atom. The largest absolute Gasteiger partial charge is 0.519 e. The molecule has 6 nitrogen and oxygen atoms in total. The lowest BCUT2D eigenvalue weighted by Crippen LogP contribution is -2.58. The first-order valence-electron chi connectivity index (χ1n) is 10.1. The van der Waals surface area contributed by atoms with E-state index in [2.05, 4.69) is 74.2 Å². The summed E-state index contributed by atoms with van der Waals surface area (Å²) in [6.07, 6.45) is 3.75.